The Morgan fingerprint density at radius 3 is 2.44 bits per heavy atom. The van der Waals surface area contributed by atoms with Crippen LogP contribution in [-0.2, 0) is 0 Å². The van der Waals surface area contributed by atoms with Gasteiger partial charge in [0.2, 0.25) is 0 Å². The van der Waals surface area contributed by atoms with E-state index in [0.29, 0.717) is 0 Å². The van der Waals surface area contributed by atoms with Crippen molar-refractivity contribution in [2.75, 3.05) is 0 Å². The second-order valence-corrected chi connectivity index (χ2v) is 4.45. The van der Waals surface area contributed by atoms with Crippen molar-refractivity contribution in [1.82, 2.24) is 4.98 Å². The molecule has 0 bridgehead atoms. The zero-order valence-corrected chi connectivity index (χ0v) is 9.72. The van der Waals surface area contributed by atoms with Gasteiger partial charge >= 0.3 is 0 Å². The van der Waals surface area contributed by atoms with Crippen LogP contribution in [0, 0.1) is 6.20 Å². The van der Waals surface area contributed by atoms with E-state index in [0.717, 1.165) is 10.9 Å². The molecule has 0 N–H and O–H groups in total. The van der Waals surface area contributed by atoms with Crippen LogP contribution in [0.25, 0.3) is 32.4 Å². The van der Waals surface area contributed by atoms with Crippen molar-refractivity contribution >= 4 is 32.4 Å². The van der Waals surface area contributed by atoms with E-state index in [4.69, 9.17) is 0 Å². The maximum Gasteiger partial charge on any atom is 0.0979 e. The Hall–Kier alpha value is -2.41. The largest absolute Gasteiger partial charge is 0.245 e. The van der Waals surface area contributed by atoms with Gasteiger partial charge in [0, 0.05) is 16.2 Å². The fourth-order valence-corrected chi connectivity index (χ4v) is 2.56. The number of benzene rings is 3. The number of rotatable bonds is 0. The van der Waals surface area contributed by atoms with Crippen molar-refractivity contribution in [2.45, 2.75) is 0 Å². The van der Waals surface area contributed by atoms with Gasteiger partial charge in [-0.15, -0.1) is 0 Å². The van der Waals surface area contributed by atoms with Gasteiger partial charge in [0.25, 0.3) is 0 Å². The molecule has 1 radical (unpaired) electrons. The molecule has 0 amide bonds. The van der Waals surface area contributed by atoms with Crippen LogP contribution in [-0.4, -0.2) is 4.98 Å². The van der Waals surface area contributed by atoms with E-state index >= 15 is 0 Å². The molecule has 0 spiro atoms. The fourth-order valence-electron chi connectivity index (χ4n) is 2.56. The molecule has 1 aromatic heterocycles. The van der Waals surface area contributed by atoms with Crippen molar-refractivity contribution in [3.8, 4) is 0 Å². The van der Waals surface area contributed by atoms with E-state index in [2.05, 4.69) is 59.7 Å². The summed E-state index contributed by atoms with van der Waals surface area (Å²) in [6.45, 7) is 0. The van der Waals surface area contributed by atoms with E-state index in [1.165, 1.54) is 21.5 Å². The molecular formula is C17H10N. The van der Waals surface area contributed by atoms with E-state index in [1.807, 2.05) is 12.1 Å². The van der Waals surface area contributed by atoms with Crippen molar-refractivity contribution in [3.63, 3.8) is 0 Å². The van der Waals surface area contributed by atoms with E-state index in [9.17, 15) is 0 Å². The summed E-state index contributed by atoms with van der Waals surface area (Å²) in [5.74, 6) is 0. The van der Waals surface area contributed by atoms with Gasteiger partial charge in [-0.05, 0) is 16.8 Å². The van der Waals surface area contributed by atoms with Gasteiger partial charge in [-0.3, -0.25) is 0 Å². The van der Waals surface area contributed by atoms with Gasteiger partial charge in [-0.2, -0.15) is 0 Å². The number of hydrogen-bond donors (Lipinski definition) is 0. The Morgan fingerprint density at radius 2 is 1.50 bits per heavy atom. The summed E-state index contributed by atoms with van der Waals surface area (Å²) in [6.07, 6.45) is 3.14. The highest BCUT2D eigenvalue weighted by molar-refractivity contribution is 6.18. The Labute approximate surface area is 105 Å². The van der Waals surface area contributed by atoms with Crippen LogP contribution in [0.3, 0.4) is 0 Å². The third-order valence-electron chi connectivity index (χ3n) is 3.40. The van der Waals surface area contributed by atoms with Crippen LogP contribution in [0.15, 0.2) is 60.7 Å². The molecule has 1 heteroatoms. The van der Waals surface area contributed by atoms with Crippen LogP contribution < -0.4 is 0 Å². The van der Waals surface area contributed by atoms with Crippen LogP contribution in [0.4, 0.5) is 0 Å². The summed E-state index contributed by atoms with van der Waals surface area (Å²) in [4.78, 5) is 4.39. The molecule has 3 aromatic carbocycles. The van der Waals surface area contributed by atoms with Gasteiger partial charge in [-0.25, -0.2) is 4.98 Å². The van der Waals surface area contributed by atoms with Gasteiger partial charge < -0.3 is 0 Å². The molecule has 0 aliphatic heterocycles. The normalized spacial score (nSPS) is 11.3. The maximum absolute atomic E-state index is 4.39. The lowest BCUT2D eigenvalue weighted by Gasteiger charge is -2.06. The Bertz CT molecular complexity index is 807. The zero-order valence-electron chi connectivity index (χ0n) is 9.72. The summed E-state index contributed by atoms with van der Waals surface area (Å²) in [7, 11) is 0. The highest BCUT2D eigenvalue weighted by atomic mass is 14.6. The lowest BCUT2D eigenvalue weighted by molar-refractivity contribution is 1.43. The second kappa shape index (κ2) is 3.54. The lowest BCUT2D eigenvalue weighted by atomic mass is 10.00. The number of pyridine rings is 1. The smallest absolute Gasteiger partial charge is 0.0979 e. The quantitative estimate of drug-likeness (QED) is 0.408. The van der Waals surface area contributed by atoms with Gasteiger partial charge in [0.05, 0.1) is 11.7 Å². The second-order valence-electron chi connectivity index (χ2n) is 4.45. The van der Waals surface area contributed by atoms with E-state index in [-0.39, 0.29) is 0 Å². The molecule has 0 saturated carbocycles. The van der Waals surface area contributed by atoms with Gasteiger partial charge in [0.15, 0.2) is 0 Å². The van der Waals surface area contributed by atoms with Crippen molar-refractivity contribution in [2.24, 2.45) is 0 Å². The molecule has 18 heavy (non-hydrogen) atoms. The zero-order chi connectivity index (χ0) is 11.9. The Balaban J connectivity index is 2.38. The summed E-state index contributed by atoms with van der Waals surface area (Å²) >= 11 is 0. The first-order valence-corrected chi connectivity index (χ1v) is 6.01. The predicted octanol–water partition coefficient (Wildman–Crippen LogP) is 4.34. The standard InChI is InChI=1S/C17H10N/c1-2-6-14-12(5-1)9-10-13-11-18-16-8-4-3-7-15(16)17(13)14/h1-10H. The van der Waals surface area contributed by atoms with Crippen molar-refractivity contribution < 1.29 is 0 Å². The Morgan fingerprint density at radius 1 is 0.722 bits per heavy atom. The molecule has 0 saturated heterocycles. The average Bonchev–Trinajstić information content (AvgIpc) is 2.46. The van der Waals surface area contributed by atoms with Crippen LogP contribution >= 0.6 is 0 Å². The molecule has 83 valence electrons. The Kier molecular flexibility index (Phi) is 1.89. The monoisotopic (exact) mass is 228 g/mol. The summed E-state index contributed by atoms with van der Waals surface area (Å²) in [5.41, 5.74) is 1.00. The highest BCUT2D eigenvalue weighted by Gasteiger charge is 2.05. The molecule has 0 aliphatic rings. The van der Waals surface area contributed by atoms with Crippen molar-refractivity contribution in [1.29, 1.82) is 0 Å². The molecule has 0 unspecified atom stereocenters. The molecule has 0 aliphatic carbocycles. The SMILES string of the molecule is [c]1nc2ccccc2c2c1ccc1ccccc12. The third kappa shape index (κ3) is 1.25. The number of hydrogen-bond acceptors (Lipinski definition) is 1. The van der Waals surface area contributed by atoms with Gasteiger partial charge in [-0.1, -0.05) is 54.6 Å². The summed E-state index contributed by atoms with van der Waals surface area (Å²) in [5, 5.41) is 6.05. The molecule has 1 heterocycles. The minimum atomic E-state index is 1.00. The number of fused-ring (bicyclic) bond motifs is 5. The minimum absolute atomic E-state index is 1.00. The number of aromatic nitrogens is 1. The first-order valence-electron chi connectivity index (χ1n) is 6.01. The lowest BCUT2D eigenvalue weighted by Crippen LogP contribution is -1.84. The highest BCUT2D eigenvalue weighted by Crippen LogP contribution is 2.30. The first kappa shape index (κ1) is 9.60. The molecule has 0 atom stereocenters. The molecular weight excluding hydrogens is 218 g/mol. The minimum Gasteiger partial charge on any atom is -0.245 e. The summed E-state index contributed by atoms with van der Waals surface area (Å²) in [6, 6.07) is 20.9. The van der Waals surface area contributed by atoms with E-state index < -0.39 is 0 Å². The van der Waals surface area contributed by atoms with Crippen LogP contribution in [0.2, 0.25) is 0 Å². The molecule has 0 fully saturated rings. The van der Waals surface area contributed by atoms with Crippen LogP contribution in [0.1, 0.15) is 0 Å². The average molecular weight is 228 g/mol. The molecule has 1 nitrogen and oxygen atoms in total. The predicted molar refractivity (Wildman–Crippen MR) is 75.6 cm³/mol. The molecule has 4 rings (SSSR count). The van der Waals surface area contributed by atoms with E-state index in [1.54, 1.807) is 0 Å². The van der Waals surface area contributed by atoms with Crippen LogP contribution in [0.5, 0.6) is 0 Å². The summed E-state index contributed by atoms with van der Waals surface area (Å²) < 4.78 is 0. The maximum atomic E-state index is 4.39. The van der Waals surface area contributed by atoms with Gasteiger partial charge in [0.1, 0.15) is 0 Å². The number of para-hydroxylation sites is 1. The third-order valence-corrected chi connectivity index (χ3v) is 3.40. The molecule has 4 aromatic rings. The number of nitrogens with zero attached hydrogens (tertiary/aromatic N) is 1. The fraction of sp³-hybridized carbons (Fsp3) is 0. The van der Waals surface area contributed by atoms with Crippen molar-refractivity contribution in [3.05, 3.63) is 66.9 Å². The first-order chi connectivity index (χ1) is 8.93. The topological polar surface area (TPSA) is 12.9 Å².